The van der Waals surface area contributed by atoms with Crippen LogP contribution in [0.5, 0.6) is 0 Å². The number of benzene rings is 3. The first-order chi connectivity index (χ1) is 21.0. The summed E-state index contributed by atoms with van der Waals surface area (Å²) in [5.74, 6) is -1.59. The van der Waals surface area contributed by atoms with Crippen LogP contribution in [0.2, 0.25) is 0 Å². The van der Waals surface area contributed by atoms with Crippen LogP contribution >= 0.6 is 0 Å². The number of hydrogen-bond donors (Lipinski definition) is 1. The number of esters is 1. The number of amides is 1. The number of rotatable bonds is 15. The van der Waals surface area contributed by atoms with Crippen molar-refractivity contribution in [3.05, 3.63) is 108 Å². The zero-order chi connectivity index (χ0) is 30.3. The molecule has 1 aliphatic heterocycles. The Balaban J connectivity index is 1.26. The third-order valence-electron chi connectivity index (χ3n) is 7.53. The minimum atomic E-state index is -1.03. The van der Waals surface area contributed by atoms with Gasteiger partial charge in [-0.05, 0) is 29.5 Å². The highest BCUT2D eigenvalue weighted by Gasteiger charge is 2.43. The van der Waals surface area contributed by atoms with Gasteiger partial charge in [-0.25, -0.2) is 4.79 Å². The van der Waals surface area contributed by atoms with E-state index in [4.69, 9.17) is 19.3 Å². The number of carbonyl (C=O) groups excluding carboxylic acids is 2. The fourth-order valence-corrected chi connectivity index (χ4v) is 5.46. The molecular weight excluding hydrogens is 548 g/mol. The molecule has 1 heterocycles. The molecule has 1 fully saturated rings. The van der Waals surface area contributed by atoms with Crippen molar-refractivity contribution in [2.24, 2.45) is 0 Å². The average Bonchev–Trinajstić information content (AvgIpc) is 3.05. The lowest BCUT2D eigenvalue weighted by molar-refractivity contribution is -0.148. The van der Waals surface area contributed by atoms with E-state index in [0.717, 1.165) is 0 Å². The van der Waals surface area contributed by atoms with Crippen LogP contribution in [-0.4, -0.2) is 85.5 Å². The lowest BCUT2D eigenvalue weighted by Gasteiger charge is -2.48. The second kappa shape index (κ2) is 16.4. The topological polar surface area (TPSA) is 106 Å². The van der Waals surface area contributed by atoms with Crippen molar-refractivity contribution in [2.75, 3.05) is 52.6 Å². The highest BCUT2D eigenvalue weighted by Crippen LogP contribution is 2.42. The minimum absolute atomic E-state index is 0.0829. The molecule has 0 unspecified atom stereocenters. The maximum absolute atomic E-state index is 12.9. The molecule has 3 aromatic rings. The Morgan fingerprint density at radius 1 is 0.628 bits per heavy atom. The molecule has 1 aliphatic rings. The first-order valence-electron chi connectivity index (χ1n) is 14.8. The molecule has 4 rings (SSSR count). The molecule has 0 atom stereocenters. The number of carbonyl (C=O) groups is 3. The van der Waals surface area contributed by atoms with Gasteiger partial charge in [-0.1, -0.05) is 91.0 Å². The number of ether oxygens (including phenoxy) is 3. The van der Waals surface area contributed by atoms with Crippen molar-refractivity contribution in [1.29, 1.82) is 0 Å². The number of piperazine rings is 1. The van der Waals surface area contributed by atoms with Gasteiger partial charge in [-0.2, -0.15) is 0 Å². The lowest BCUT2D eigenvalue weighted by atomic mass is 9.75. The van der Waals surface area contributed by atoms with Crippen LogP contribution in [0.15, 0.2) is 91.0 Å². The van der Waals surface area contributed by atoms with E-state index in [0.29, 0.717) is 52.2 Å². The Morgan fingerprint density at radius 2 is 1.14 bits per heavy atom. The number of aliphatic carboxylic acids is 1. The lowest BCUT2D eigenvalue weighted by Crippen LogP contribution is -2.57. The van der Waals surface area contributed by atoms with Crippen molar-refractivity contribution < 1.29 is 33.7 Å². The van der Waals surface area contributed by atoms with Crippen molar-refractivity contribution in [3.8, 4) is 0 Å². The van der Waals surface area contributed by atoms with Gasteiger partial charge in [0.25, 0.3) is 0 Å². The number of hydrogen-bond acceptors (Lipinski definition) is 7. The molecule has 9 nitrogen and oxygen atoms in total. The molecule has 0 radical (unpaired) electrons. The molecule has 1 N–H and O–H groups in total. The predicted octanol–water partition coefficient (Wildman–Crippen LogP) is 4.94. The van der Waals surface area contributed by atoms with E-state index in [-0.39, 0.29) is 32.1 Å². The van der Waals surface area contributed by atoms with E-state index in [1.165, 1.54) is 16.7 Å². The van der Waals surface area contributed by atoms with E-state index in [9.17, 15) is 14.4 Å². The fourth-order valence-electron chi connectivity index (χ4n) is 5.46. The molecule has 0 saturated carbocycles. The van der Waals surface area contributed by atoms with Gasteiger partial charge in [0.1, 0.15) is 6.61 Å². The molecule has 1 saturated heterocycles. The van der Waals surface area contributed by atoms with Gasteiger partial charge in [-0.3, -0.25) is 14.5 Å². The van der Waals surface area contributed by atoms with Crippen LogP contribution in [0.25, 0.3) is 0 Å². The van der Waals surface area contributed by atoms with Crippen molar-refractivity contribution in [1.82, 2.24) is 9.80 Å². The smallest absolute Gasteiger partial charge is 0.409 e. The third-order valence-corrected chi connectivity index (χ3v) is 7.53. The predicted molar refractivity (Wildman–Crippen MR) is 162 cm³/mol. The Hall–Kier alpha value is -4.21. The molecule has 43 heavy (non-hydrogen) atoms. The monoisotopic (exact) mass is 588 g/mol. The van der Waals surface area contributed by atoms with Gasteiger partial charge >= 0.3 is 18.0 Å². The van der Waals surface area contributed by atoms with Gasteiger partial charge < -0.3 is 24.2 Å². The molecule has 0 aromatic heterocycles. The molecular formula is C34H40N2O7. The van der Waals surface area contributed by atoms with Crippen LogP contribution in [-0.2, 0) is 29.3 Å². The highest BCUT2D eigenvalue weighted by molar-refractivity contribution is 5.76. The first kappa shape index (κ1) is 31.7. The summed E-state index contributed by atoms with van der Waals surface area (Å²) < 4.78 is 15.9. The Labute approximate surface area is 253 Å². The molecule has 228 valence electrons. The highest BCUT2D eigenvalue weighted by atomic mass is 16.6. The quantitative estimate of drug-likeness (QED) is 0.151. The molecule has 0 spiro atoms. The largest absolute Gasteiger partial charge is 0.481 e. The van der Waals surface area contributed by atoms with Crippen molar-refractivity contribution >= 4 is 18.0 Å². The number of carboxylic acids is 1. The maximum Gasteiger partial charge on any atom is 0.409 e. The minimum Gasteiger partial charge on any atom is -0.481 e. The van der Waals surface area contributed by atoms with E-state index >= 15 is 0 Å². The molecule has 9 heteroatoms. The van der Waals surface area contributed by atoms with E-state index in [2.05, 4.69) is 77.7 Å². The summed E-state index contributed by atoms with van der Waals surface area (Å²) in [6, 6.07) is 31.7. The summed E-state index contributed by atoms with van der Waals surface area (Å²) in [6.07, 6.45) is 0.650. The average molecular weight is 589 g/mol. The summed E-state index contributed by atoms with van der Waals surface area (Å²) >= 11 is 0. The third kappa shape index (κ3) is 8.65. The second-order valence-corrected chi connectivity index (χ2v) is 10.3. The Morgan fingerprint density at radius 3 is 1.65 bits per heavy atom. The molecule has 3 aromatic carbocycles. The van der Waals surface area contributed by atoms with Gasteiger partial charge in [0, 0.05) is 32.8 Å². The first-order valence-corrected chi connectivity index (χ1v) is 14.8. The Bertz CT molecular complexity index is 1180. The summed E-state index contributed by atoms with van der Waals surface area (Å²) in [4.78, 5) is 39.0. The fraction of sp³-hybridized carbons (Fsp3) is 0.382. The summed E-state index contributed by atoms with van der Waals surface area (Å²) in [6.45, 7) is 3.55. The van der Waals surface area contributed by atoms with Gasteiger partial charge in [-0.15, -0.1) is 0 Å². The van der Waals surface area contributed by atoms with Gasteiger partial charge in [0.15, 0.2) is 0 Å². The second-order valence-electron chi connectivity index (χ2n) is 10.3. The van der Waals surface area contributed by atoms with Crippen LogP contribution in [0, 0.1) is 0 Å². The van der Waals surface area contributed by atoms with E-state index < -0.39 is 17.5 Å². The standard InChI is InChI=1S/C34H40N2O7/c37-31(38)18-19-32(39)42-27-26-41-24-10-11-25-43-33(40)35-20-22-36(23-21-35)34(28-12-4-1-5-13-28,29-14-6-2-7-15-29)30-16-8-3-9-17-30/h1-9,12-17H,10-11,18-27H2,(H,37,38). The summed E-state index contributed by atoms with van der Waals surface area (Å²) in [5.41, 5.74) is 3.04. The zero-order valence-corrected chi connectivity index (χ0v) is 24.4. The van der Waals surface area contributed by atoms with E-state index in [1.54, 1.807) is 4.90 Å². The molecule has 0 bridgehead atoms. The molecule has 1 amide bonds. The van der Waals surface area contributed by atoms with Gasteiger partial charge in [0.05, 0.1) is 31.6 Å². The SMILES string of the molecule is O=C(O)CCC(=O)OCCOCCCCOC(=O)N1CCN(C(c2ccccc2)(c2ccccc2)c2ccccc2)CC1. The number of unbranched alkanes of at least 4 members (excludes halogenated alkanes) is 1. The van der Waals surface area contributed by atoms with Crippen LogP contribution < -0.4 is 0 Å². The van der Waals surface area contributed by atoms with E-state index in [1.807, 2.05) is 18.2 Å². The molecule has 0 aliphatic carbocycles. The normalized spacial score (nSPS) is 13.8. The van der Waals surface area contributed by atoms with Crippen molar-refractivity contribution in [3.63, 3.8) is 0 Å². The summed E-state index contributed by atoms with van der Waals surface area (Å²) in [5, 5.41) is 8.57. The van der Waals surface area contributed by atoms with Crippen LogP contribution in [0.1, 0.15) is 42.4 Å². The number of nitrogens with zero attached hydrogens (tertiary/aromatic N) is 2. The van der Waals surface area contributed by atoms with Crippen LogP contribution in [0.3, 0.4) is 0 Å². The summed E-state index contributed by atoms with van der Waals surface area (Å²) in [7, 11) is 0. The van der Waals surface area contributed by atoms with Crippen molar-refractivity contribution in [2.45, 2.75) is 31.2 Å². The number of carboxylic acid groups (broad SMARTS) is 1. The Kier molecular flexibility index (Phi) is 12.1. The zero-order valence-electron chi connectivity index (χ0n) is 24.4. The maximum atomic E-state index is 12.9. The van der Waals surface area contributed by atoms with Gasteiger partial charge in [0.2, 0.25) is 0 Å². The van der Waals surface area contributed by atoms with Crippen LogP contribution in [0.4, 0.5) is 4.79 Å².